The van der Waals surface area contributed by atoms with Crippen molar-refractivity contribution in [1.29, 1.82) is 0 Å². The third-order valence-electron chi connectivity index (χ3n) is 7.20. The molecule has 2 heterocycles. The summed E-state index contributed by atoms with van der Waals surface area (Å²) in [6, 6.07) is 13.4. The Morgan fingerprint density at radius 1 is 1.16 bits per heavy atom. The number of ether oxygens (including phenoxy) is 1. The first-order chi connectivity index (χ1) is 17.6. The van der Waals surface area contributed by atoms with Gasteiger partial charge in [-0.1, -0.05) is 32.0 Å². The fourth-order valence-corrected chi connectivity index (χ4v) is 5.51. The number of carbonyl (C=O) groups is 1. The number of nitrogens with zero attached hydrogens (tertiary/aromatic N) is 3. The van der Waals surface area contributed by atoms with E-state index < -0.39 is 4.92 Å². The Morgan fingerprint density at radius 3 is 2.57 bits per heavy atom. The molecular weight excluding hydrogens is 470 g/mol. The van der Waals surface area contributed by atoms with Crippen LogP contribution in [-0.2, 0) is 11.3 Å². The van der Waals surface area contributed by atoms with Crippen molar-refractivity contribution in [2.24, 2.45) is 5.41 Å². The standard InChI is InChI=1S/C28H31N5O4/c1-16-27(33(35)36)17(2)32(31-16)15-19-12-18(10-11-24(19)37-5)26-25-22(13-28(3,4)14-23(25)34)29-20-8-6-7-9-21(20)30-26/h6-12,26,29-30H,13-15H2,1-5H3/t26-/m1/s1. The van der Waals surface area contributed by atoms with Crippen molar-refractivity contribution < 1.29 is 14.5 Å². The van der Waals surface area contributed by atoms with Gasteiger partial charge in [0.15, 0.2) is 5.78 Å². The number of nitro groups is 1. The molecule has 0 spiro atoms. The molecule has 2 N–H and O–H groups in total. The highest BCUT2D eigenvalue weighted by Crippen LogP contribution is 2.45. The van der Waals surface area contributed by atoms with Crippen LogP contribution in [0.1, 0.15) is 55.2 Å². The summed E-state index contributed by atoms with van der Waals surface area (Å²) in [6.07, 6.45) is 1.24. The predicted molar refractivity (Wildman–Crippen MR) is 142 cm³/mol. The maximum absolute atomic E-state index is 13.5. The number of ketones is 1. The van der Waals surface area contributed by atoms with Crippen LogP contribution in [0.5, 0.6) is 5.75 Å². The highest BCUT2D eigenvalue weighted by molar-refractivity contribution is 6.01. The van der Waals surface area contributed by atoms with E-state index in [0.29, 0.717) is 30.1 Å². The molecule has 0 unspecified atom stereocenters. The van der Waals surface area contributed by atoms with Crippen LogP contribution in [0.15, 0.2) is 53.7 Å². The van der Waals surface area contributed by atoms with E-state index in [1.54, 1.807) is 25.6 Å². The minimum absolute atomic E-state index is 0.0217. The van der Waals surface area contributed by atoms with E-state index in [-0.39, 0.29) is 22.9 Å². The van der Waals surface area contributed by atoms with Gasteiger partial charge in [0, 0.05) is 23.3 Å². The largest absolute Gasteiger partial charge is 0.496 e. The van der Waals surface area contributed by atoms with E-state index in [0.717, 1.165) is 40.2 Å². The van der Waals surface area contributed by atoms with Gasteiger partial charge in [-0.3, -0.25) is 19.6 Å². The summed E-state index contributed by atoms with van der Waals surface area (Å²) in [5.74, 6) is 0.770. The monoisotopic (exact) mass is 501 g/mol. The Labute approximate surface area is 215 Å². The van der Waals surface area contributed by atoms with Crippen LogP contribution in [0, 0.1) is 29.4 Å². The van der Waals surface area contributed by atoms with Gasteiger partial charge in [0.05, 0.1) is 36.0 Å². The average Bonchev–Trinajstić information content (AvgIpc) is 3.00. The number of carbonyl (C=O) groups excluding carboxylic acids is 1. The minimum Gasteiger partial charge on any atom is -0.496 e. The van der Waals surface area contributed by atoms with E-state index in [1.165, 1.54) is 0 Å². The van der Waals surface area contributed by atoms with E-state index in [9.17, 15) is 14.9 Å². The Kier molecular flexibility index (Phi) is 6.01. The van der Waals surface area contributed by atoms with Crippen molar-refractivity contribution in [2.75, 3.05) is 17.7 Å². The van der Waals surface area contributed by atoms with Crippen molar-refractivity contribution >= 4 is 22.8 Å². The number of para-hydroxylation sites is 2. The van der Waals surface area contributed by atoms with Gasteiger partial charge in [-0.25, -0.2) is 0 Å². The lowest BCUT2D eigenvalue weighted by atomic mass is 9.73. The van der Waals surface area contributed by atoms with Crippen molar-refractivity contribution in [2.45, 2.75) is 53.1 Å². The van der Waals surface area contributed by atoms with E-state index >= 15 is 0 Å². The van der Waals surface area contributed by atoms with Crippen LogP contribution in [0.3, 0.4) is 0 Å². The molecular formula is C28H31N5O4. The number of hydrogen-bond donors (Lipinski definition) is 2. The average molecular weight is 502 g/mol. The number of rotatable bonds is 5. The topological polar surface area (TPSA) is 111 Å². The molecule has 37 heavy (non-hydrogen) atoms. The Balaban J connectivity index is 1.61. The molecule has 0 fully saturated rings. The van der Waals surface area contributed by atoms with Crippen LogP contribution in [-0.4, -0.2) is 27.6 Å². The maximum Gasteiger partial charge on any atom is 0.312 e. The predicted octanol–water partition coefficient (Wildman–Crippen LogP) is 5.69. The maximum atomic E-state index is 13.5. The third-order valence-corrected chi connectivity index (χ3v) is 7.20. The van der Waals surface area contributed by atoms with Crippen LogP contribution < -0.4 is 15.4 Å². The van der Waals surface area contributed by atoms with Gasteiger partial charge < -0.3 is 15.4 Å². The van der Waals surface area contributed by atoms with Crippen molar-refractivity contribution in [3.63, 3.8) is 0 Å². The highest BCUT2D eigenvalue weighted by atomic mass is 16.6. The molecule has 1 aliphatic carbocycles. The summed E-state index contributed by atoms with van der Waals surface area (Å²) in [5, 5.41) is 23.1. The first-order valence-electron chi connectivity index (χ1n) is 12.3. The summed E-state index contributed by atoms with van der Waals surface area (Å²) >= 11 is 0. The second-order valence-electron chi connectivity index (χ2n) is 10.6. The van der Waals surface area contributed by atoms with Crippen molar-refractivity contribution in [3.05, 3.63) is 86.4 Å². The highest BCUT2D eigenvalue weighted by Gasteiger charge is 2.38. The number of aryl methyl sites for hydroxylation is 1. The fourth-order valence-electron chi connectivity index (χ4n) is 5.51. The SMILES string of the molecule is COc1ccc([C@H]2Nc3ccccc3NC3=C2C(=O)CC(C)(C)C3)cc1Cn1nc(C)c([N+](=O)[O-])c1C. The quantitative estimate of drug-likeness (QED) is 0.341. The Morgan fingerprint density at radius 2 is 1.89 bits per heavy atom. The molecule has 5 rings (SSSR count). The van der Waals surface area contributed by atoms with Crippen LogP contribution in [0.4, 0.5) is 17.1 Å². The number of fused-ring (bicyclic) bond motifs is 1. The van der Waals surface area contributed by atoms with Crippen LogP contribution >= 0.6 is 0 Å². The molecule has 9 heteroatoms. The minimum atomic E-state index is -0.397. The first kappa shape index (κ1) is 24.5. The molecule has 0 amide bonds. The zero-order chi connectivity index (χ0) is 26.5. The molecule has 9 nitrogen and oxygen atoms in total. The number of anilines is 2. The molecule has 3 aromatic rings. The van der Waals surface area contributed by atoms with Gasteiger partial charge in [0.2, 0.25) is 0 Å². The normalized spacial score (nSPS) is 18.3. The van der Waals surface area contributed by atoms with E-state index in [4.69, 9.17) is 4.74 Å². The Bertz CT molecular complexity index is 1450. The van der Waals surface area contributed by atoms with Crippen molar-refractivity contribution in [1.82, 2.24) is 9.78 Å². The molecule has 2 aliphatic rings. The molecule has 0 bridgehead atoms. The van der Waals surface area contributed by atoms with Gasteiger partial charge >= 0.3 is 5.69 Å². The van der Waals surface area contributed by atoms with Crippen molar-refractivity contribution in [3.8, 4) is 5.75 Å². The fraction of sp³-hybridized carbons (Fsp3) is 0.357. The molecule has 0 radical (unpaired) electrons. The number of allylic oxidation sites excluding steroid dienone is 1. The molecule has 0 saturated heterocycles. The summed E-state index contributed by atoms with van der Waals surface area (Å²) in [6.45, 7) is 7.87. The summed E-state index contributed by atoms with van der Waals surface area (Å²) in [7, 11) is 1.60. The summed E-state index contributed by atoms with van der Waals surface area (Å²) < 4.78 is 7.26. The molecule has 192 valence electrons. The third kappa shape index (κ3) is 4.45. The van der Waals surface area contributed by atoms with E-state index in [1.807, 2.05) is 42.5 Å². The van der Waals surface area contributed by atoms with Gasteiger partial charge in [0.25, 0.3) is 0 Å². The van der Waals surface area contributed by atoms with E-state index in [2.05, 4.69) is 29.6 Å². The van der Waals surface area contributed by atoms with Gasteiger partial charge in [-0.2, -0.15) is 5.10 Å². The second-order valence-corrected chi connectivity index (χ2v) is 10.6. The first-order valence-corrected chi connectivity index (χ1v) is 12.3. The van der Waals surface area contributed by atoms with Crippen LogP contribution in [0.25, 0.3) is 0 Å². The number of methoxy groups -OCH3 is 1. The van der Waals surface area contributed by atoms with Gasteiger partial charge in [-0.15, -0.1) is 0 Å². The number of nitrogens with one attached hydrogen (secondary N) is 2. The summed E-state index contributed by atoms with van der Waals surface area (Å²) in [4.78, 5) is 24.7. The molecule has 1 atom stereocenters. The molecule has 0 saturated carbocycles. The van der Waals surface area contributed by atoms with Gasteiger partial charge in [0.1, 0.15) is 17.1 Å². The lowest BCUT2D eigenvalue weighted by Gasteiger charge is -2.34. The zero-order valence-electron chi connectivity index (χ0n) is 21.7. The number of Topliss-reactive ketones (excluding diaryl/α,β-unsaturated/α-hetero) is 1. The molecule has 2 aromatic carbocycles. The van der Waals surface area contributed by atoms with Crippen LogP contribution in [0.2, 0.25) is 0 Å². The Hall–Kier alpha value is -4.14. The molecule has 1 aliphatic heterocycles. The van der Waals surface area contributed by atoms with Gasteiger partial charge in [-0.05, 0) is 55.5 Å². The number of aromatic nitrogens is 2. The second kappa shape index (κ2) is 9.06. The molecule has 1 aromatic heterocycles. The zero-order valence-corrected chi connectivity index (χ0v) is 21.7. The number of hydrogen-bond acceptors (Lipinski definition) is 7. The lowest BCUT2D eigenvalue weighted by molar-refractivity contribution is -0.386. The number of benzene rings is 2. The lowest BCUT2D eigenvalue weighted by Crippen LogP contribution is -2.31. The summed E-state index contributed by atoms with van der Waals surface area (Å²) in [5.41, 5.74) is 6.00. The smallest absolute Gasteiger partial charge is 0.312 e.